The Balaban J connectivity index is 1.13. The van der Waals surface area contributed by atoms with Gasteiger partial charge in [-0.3, -0.25) is 43.6 Å². The standard InChI is InChI=1S/C40H58N12O10S/c1-23(47-38(59)25(16-32(54)52-62)15-24-9-3-2-4-10-24)37(58)49-28(17-26-18-42-22-46-26)39(60)45-19-33(55)44-20-34(56)48-27(36(41)57)11-7-8-14-43-31(53)13-6-5-12-30-35-29(21-63-30)50-40(61)51-35/h2-4,9-10,18,22-23,25,27-30,35,62H,5-8,11-17,19-21H2,1H3,(H2,41,57)(H,42,46)(H,43,53)(H,44,55)(H,45,60)(H,47,59)(H,48,56)(H,49,58)(H,52,54)(H2,50,51,61)/t23-,25?,27-,28-,29-,30-,35-/m0/s1. The fraction of sp³-hybridized carbons (Fsp3) is 0.550. The number of hydrogen-bond acceptors (Lipinski definition) is 12. The van der Waals surface area contributed by atoms with Crippen molar-refractivity contribution in [2.45, 2.75) is 107 Å². The van der Waals surface area contributed by atoms with Crippen LogP contribution in [-0.2, 0) is 51.2 Å². The molecule has 0 bridgehead atoms. The third kappa shape index (κ3) is 17.2. The summed E-state index contributed by atoms with van der Waals surface area (Å²) in [4.78, 5) is 119. The molecule has 1 aromatic carbocycles. The molecule has 0 aliphatic carbocycles. The number of hydroxylamine groups is 1. The summed E-state index contributed by atoms with van der Waals surface area (Å²) in [5.41, 5.74) is 8.22. The lowest BCUT2D eigenvalue weighted by molar-refractivity contribution is -0.136. The largest absolute Gasteiger partial charge is 0.368 e. The molecule has 0 radical (unpaired) electrons. The lowest BCUT2D eigenvalue weighted by Gasteiger charge is -2.23. The van der Waals surface area contributed by atoms with Crippen molar-refractivity contribution in [1.29, 1.82) is 0 Å². The Hall–Kier alpha value is -6.23. The van der Waals surface area contributed by atoms with E-state index in [0.29, 0.717) is 36.8 Å². The second-order valence-corrected chi connectivity index (χ2v) is 16.7. The molecule has 23 heteroatoms. The van der Waals surface area contributed by atoms with E-state index in [1.54, 1.807) is 30.3 Å². The van der Waals surface area contributed by atoms with Crippen molar-refractivity contribution in [3.63, 3.8) is 0 Å². The van der Waals surface area contributed by atoms with Crippen LogP contribution >= 0.6 is 11.8 Å². The number of unbranched alkanes of at least 4 members (excludes halogenated alkanes) is 2. The van der Waals surface area contributed by atoms with Gasteiger partial charge >= 0.3 is 6.03 Å². The molecule has 7 atom stereocenters. The van der Waals surface area contributed by atoms with Crippen LogP contribution in [0.1, 0.15) is 69.5 Å². The first kappa shape index (κ1) is 49.4. The molecule has 2 aromatic rings. The molecule has 13 N–H and O–H groups in total. The fourth-order valence-electron chi connectivity index (χ4n) is 7.07. The number of carbonyl (C=O) groups is 9. The number of carbonyl (C=O) groups excluding carboxylic acids is 9. The van der Waals surface area contributed by atoms with Crippen LogP contribution < -0.4 is 53.7 Å². The summed E-state index contributed by atoms with van der Waals surface area (Å²) in [7, 11) is 0. The number of primary amides is 1. The number of imidazole rings is 1. The van der Waals surface area contributed by atoms with E-state index in [-0.39, 0.29) is 49.7 Å². The van der Waals surface area contributed by atoms with Gasteiger partial charge in [0.2, 0.25) is 47.3 Å². The minimum atomic E-state index is -1.24. The normalized spacial score (nSPS) is 18.2. The number of aromatic nitrogens is 2. The number of urea groups is 1. The van der Waals surface area contributed by atoms with Crippen molar-refractivity contribution >= 4 is 65.1 Å². The van der Waals surface area contributed by atoms with E-state index in [9.17, 15) is 43.2 Å². The molecular formula is C40H58N12O10S. The van der Waals surface area contributed by atoms with Crippen LogP contribution in [-0.4, -0.2) is 129 Å². The van der Waals surface area contributed by atoms with Crippen LogP contribution in [0.2, 0.25) is 0 Å². The number of nitrogens with zero attached hydrogens (tertiary/aromatic N) is 1. The number of thioether (sulfide) groups is 1. The molecule has 3 heterocycles. The minimum absolute atomic E-state index is 0.0705. The number of fused-ring (bicyclic) bond motifs is 1. The zero-order valence-corrected chi connectivity index (χ0v) is 35.9. The SMILES string of the molecule is C[C@H](NC(=O)C(CC(=O)NO)Cc1ccccc1)C(=O)N[C@@H](Cc1cnc[nH]1)C(=O)NCC(=O)NCC(=O)N[C@@H](CCCCNC(=O)CCCC[C@@H]1SC[C@@H]2NC(=O)N[C@@H]21)C(N)=O. The summed E-state index contributed by atoms with van der Waals surface area (Å²) in [6.07, 6.45) is 6.61. The third-order valence-corrected chi connectivity index (χ3v) is 12.0. The quantitative estimate of drug-likeness (QED) is 0.0199. The Morgan fingerprint density at radius 2 is 1.59 bits per heavy atom. The average molecular weight is 899 g/mol. The minimum Gasteiger partial charge on any atom is -0.368 e. The number of nitrogens with one attached hydrogen (secondary N) is 10. The summed E-state index contributed by atoms with van der Waals surface area (Å²) in [6, 6.07) is 5.60. The predicted octanol–water partition coefficient (Wildman–Crippen LogP) is -2.09. The van der Waals surface area contributed by atoms with E-state index in [0.717, 1.165) is 30.6 Å². The van der Waals surface area contributed by atoms with Gasteiger partial charge in [0, 0.05) is 48.7 Å². The molecule has 2 fully saturated rings. The van der Waals surface area contributed by atoms with Gasteiger partial charge in [-0.25, -0.2) is 15.3 Å². The summed E-state index contributed by atoms with van der Waals surface area (Å²) in [6.45, 7) is 0.658. The topological polar surface area (TPSA) is 337 Å². The Kier molecular flexibility index (Phi) is 20.1. The van der Waals surface area contributed by atoms with E-state index < -0.39 is 78.5 Å². The first-order chi connectivity index (χ1) is 30.2. The molecule has 0 spiro atoms. The van der Waals surface area contributed by atoms with Crippen molar-refractivity contribution in [2.75, 3.05) is 25.4 Å². The first-order valence-electron chi connectivity index (χ1n) is 20.9. The Labute approximate surface area is 368 Å². The lowest BCUT2D eigenvalue weighted by atomic mass is 9.94. The van der Waals surface area contributed by atoms with Gasteiger partial charge in [0.1, 0.15) is 18.1 Å². The molecule has 1 aromatic heterocycles. The van der Waals surface area contributed by atoms with Gasteiger partial charge in [0.05, 0.1) is 37.4 Å². The van der Waals surface area contributed by atoms with E-state index in [2.05, 4.69) is 52.5 Å². The molecule has 1 unspecified atom stereocenters. The van der Waals surface area contributed by atoms with Crippen LogP contribution in [0.4, 0.5) is 4.79 Å². The van der Waals surface area contributed by atoms with Crippen molar-refractivity contribution in [1.82, 2.24) is 58.0 Å². The smallest absolute Gasteiger partial charge is 0.315 e. The van der Waals surface area contributed by atoms with Gasteiger partial charge in [0.15, 0.2) is 0 Å². The second-order valence-electron chi connectivity index (χ2n) is 15.4. The number of hydrogen-bond donors (Lipinski definition) is 12. The highest BCUT2D eigenvalue weighted by molar-refractivity contribution is 8.00. The van der Waals surface area contributed by atoms with Crippen LogP contribution in [0, 0.1) is 5.92 Å². The highest BCUT2D eigenvalue weighted by atomic mass is 32.2. The zero-order valence-electron chi connectivity index (χ0n) is 35.0. The van der Waals surface area contributed by atoms with E-state index >= 15 is 0 Å². The van der Waals surface area contributed by atoms with Crippen LogP contribution in [0.15, 0.2) is 42.9 Å². The number of rotatable bonds is 27. The van der Waals surface area contributed by atoms with E-state index in [1.807, 2.05) is 11.8 Å². The molecule has 63 heavy (non-hydrogen) atoms. The molecule has 0 saturated carbocycles. The molecular weight excluding hydrogens is 841 g/mol. The van der Waals surface area contributed by atoms with Gasteiger partial charge in [-0.1, -0.05) is 36.8 Å². The number of benzene rings is 1. The number of amides is 10. The highest BCUT2D eigenvalue weighted by Crippen LogP contribution is 2.33. The predicted molar refractivity (Wildman–Crippen MR) is 228 cm³/mol. The highest BCUT2D eigenvalue weighted by Gasteiger charge is 2.42. The molecule has 2 aliphatic rings. The number of H-pyrrole nitrogens is 1. The van der Waals surface area contributed by atoms with Crippen LogP contribution in [0.5, 0.6) is 0 Å². The maximum Gasteiger partial charge on any atom is 0.315 e. The Morgan fingerprint density at radius 3 is 2.30 bits per heavy atom. The summed E-state index contributed by atoms with van der Waals surface area (Å²) in [5.74, 6) is -5.30. The molecule has 2 saturated heterocycles. The van der Waals surface area contributed by atoms with Crippen molar-refractivity contribution < 1.29 is 48.4 Å². The number of nitrogens with two attached hydrogens (primary N) is 1. The third-order valence-electron chi connectivity index (χ3n) is 10.5. The lowest BCUT2D eigenvalue weighted by Crippen LogP contribution is -2.55. The monoisotopic (exact) mass is 898 g/mol. The maximum atomic E-state index is 13.2. The van der Waals surface area contributed by atoms with E-state index in [1.165, 1.54) is 24.9 Å². The van der Waals surface area contributed by atoms with Gasteiger partial charge < -0.3 is 53.3 Å². The Morgan fingerprint density at radius 1 is 0.825 bits per heavy atom. The van der Waals surface area contributed by atoms with Crippen LogP contribution in [0.25, 0.3) is 0 Å². The van der Waals surface area contributed by atoms with E-state index in [4.69, 9.17) is 10.9 Å². The Bertz CT molecular complexity index is 1890. The van der Waals surface area contributed by atoms with Crippen molar-refractivity contribution in [3.05, 3.63) is 54.1 Å². The van der Waals surface area contributed by atoms with Gasteiger partial charge in [-0.05, 0) is 51.0 Å². The summed E-state index contributed by atoms with van der Waals surface area (Å²) in [5, 5.41) is 30.5. The van der Waals surface area contributed by atoms with Crippen molar-refractivity contribution in [2.24, 2.45) is 11.7 Å². The van der Waals surface area contributed by atoms with Crippen LogP contribution in [0.3, 0.4) is 0 Å². The fourth-order valence-corrected chi connectivity index (χ4v) is 8.61. The van der Waals surface area contributed by atoms with Gasteiger partial charge in [0.25, 0.3) is 0 Å². The van der Waals surface area contributed by atoms with Gasteiger partial charge in [-0.15, -0.1) is 0 Å². The van der Waals surface area contributed by atoms with Gasteiger partial charge in [-0.2, -0.15) is 11.8 Å². The second kappa shape index (κ2) is 25.6. The summed E-state index contributed by atoms with van der Waals surface area (Å²) < 4.78 is 0. The molecule has 10 amide bonds. The van der Waals surface area contributed by atoms with Crippen molar-refractivity contribution in [3.8, 4) is 0 Å². The average Bonchev–Trinajstić information content (AvgIpc) is 4.01. The maximum absolute atomic E-state index is 13.2. The molecule has 344 valence electrons. The number of aromatic amines is 1. The summed E-state index contributed by atoms with van der Waals surface area (Å²) >= 11 is 1.83. The molecule has 4 rings (SSSR count). The zero-order chi connectivity index (χ0) is 45.7. The first-order valence-corrected chi connectivity index (χ1v) is 21.9. The molecule has 2 aliphatic heterocycles. The molecule has 22 nitrogen and oxygen atoms in total.